The maximum atomic E-state index is 13.5. The van der Waals surface area contributed by atoms with Crippen LogP contribution in [-0.4, -0.2) is 70.4 Å². The van der Waals surface area contributed by atoms with Crippen molar-refractivity contribution in [3.63, 3.8) is 0 Å². The molecule has 0 saturated carbocycles. The molecule has 0 amide bonds. The van der Waals surface area contributed by atoms with E-state index in [0.29, 0.717) is 5.56 Å². The lowest BCUT2D eigenvalue weighted by molar-refractivity contribution is -0.230. The predicted octanol–water partition coefficient (Wildman–Crippen LogP) is 2.03. The van der Waals surface area contributed by atoms with Crippen LogP contribution in [-0.2, 0) is 47.5 Å². The minimum Gasteiger partial charge on any atom is -0.469 e. The van der Waals surface area contributed by atoms with E-state index in [1.807, 2.05) is 0 Å². The molecule has 0 radical (unpaired) electrons. The van der Waals surface area contributed by atoms with Gasteiger partial charge >= 0.3 is 5.97 Å². The Hall–Kier alpha value is -1.60. The summed E-state index contributed by atoms with van der Waals surface area (Å²) in [5.74, 6) is -2.51. The standard InChI is InChI=1S/C22H30O10S/c1-21(2)27-12-14(29-21)17-18(19-20(28-17)31-22(3,4)30-19)32-33(24,25)15(11-16(23)26-5)13-9-7-6-8-10-13/h6-10,14-15,17-20H,11-12H2,1-5H3/t14-,15-,17-,18-,19-,20-/m1/s1. The summed E-state index contributed by atoms with van der Waals surface area (Å²) in [6.45, 7) is 7.11. The number of hydrogen-bond donors (Lipinski definition) is 0. The first-order chi connectivity index (χ1) is 15.4. The van der Waals surface area contributed by atoms with Gasteiger partial charge in [-0.15, -0.1) is 0 Å². The zero-order valence-electron chi connectivity index (χ0n) is 19.3. The Morgan fingerprint density at radius 1 is 1.06 bits per heavy atom. The van der Waals surface area contributed by atoms with Gasteiger partial charge in [0.15, 0.2) is 17.9 Å². The quantitative estimate of drug-likeness (QED) is 0.419. The lowest BCUT2D eigenvalue weighted by Crippen LogP contribution is -2.45. The highest BCUT2D eigenvalue weighted by atomic mass is 32.2. The van der Waals surface area contributed by atoms with Crippen molar-refractivity contribution in [3.8, 4) is 0 Å². The van der Waals surface area contributed by atoms with Crippen molar-refractivity contribution in [2.45, 2.75) is 81.6 Å². The van der Waals surface area contributed by atoms with Crippen molar-refractivity contribution in [1.29, 1.82) is 0 Å². The molecule has 10 nitrogen and oxygen atoms in total. The largest absolute Gasteiger partial charge is 0.469 e. The molecule has 184 valence electrons. The second kappa shape index (κ2) is 8.88. The van der Waals surface area contributed by atoms with Crippen molar-refractivity contribution in [1.82, 2.24) is 0 Å². The van der Waals surface area contributed by atoms with Gasteiger partial charge in [0, 0.05) is 0 Å². The molecule has 6 atom stereocenters. The number of esters is 1. The van der Waals surface area contributed by atoms with Gasteiger partial charge in [0.05, 0.1) is 20.1 Å². The molecule has 4 rings (SSSR count). The third-order valence-electron chi connectivity index (χ3n) is 5.77. The molecule has 0 spiro atoms. The zero-order valence-corrected chi connectivity index (χ0v) is 20.1. The van der Waals surface area contributed by atoms with E-state index < -0.39 is 70.0 Å². The maximum absolute atomic E-state index is 13.5. The van der Waals surface area contributed by atoms with Crippen LogP contribution in [0.3, 0.4) is 0 Å². The summed E-state index contributed by atoms with van der Waals surface area (Å²) in [4.78, 5) is 12.0. The van der Waals surface area contributed by atoms with Gasteiger partial charge in [-0.25, -0.2) is 0 Å². The molecule has 0 bridgehead atoms. The van der Waals surface area contributed by atoms with E-state index in [0.717, 1.165) is 0 Å². The van der Waals surface area contributed by atoms with Crippen molar-refractivity contribution in [3.05, 3.63) is 35.9 Å². The molecule has 11 heteroatoms. The second-order valence-electron chi connectivity index (χ2n) is 9.17. The van der Waals surface area contributed by atoms with E-state index in [1.54, 1.807) is 58.0 Å². The van der Waals surface area contributed by atoms with E-state index in [-0.39, 0.29) is 6.61 Å². The summed E-state index contributed by atoms with van der Waals surface area (Å²) >= 11 is 0. The van der Waals surface area contributed by atoms with E-state index in [1.165, 1.54) is 7.11 Å². The SMILES string of the molecule is COC(=O)C[C@H](c1ccccc1)S(=O)(=O)O[C@H]1[C@H]2OC(C)(C)O[C@H]2O[C@@H]1[C@H]1COC(C)(C)O1. The number of benzene rings is 1. The molecule has 1 aromatic rings. The highest BCUT2D eigenvalue weighted by Crippen LogP contribution is 2.43. The Morgan fingerprint density at radius 3 is 2.36 bits per heavy atom. The van der Waals surface area contributed by atoms with Crippen LogP contribution < -0.4 is 0 Å². The number of methoxy groups -OCH3 is 1. The molecular weight excluding hydrogens is 456 g/mol. The van der Waals surface area contributed by atoms with Gasteiger partial charge in [0.1, 0.15) is 29.7 Å². The summed E-state index contributed by atoms with van der Waals surface area (Å²) in [5, 5.41) is -1.28. The summed E-state index contributed by atoms with van der Waals surface area (Å²) in [7, 11) is -3.14. The van der Waals surface area contributed by atoms with Crippen LogP contribution in [0.25, 0.3) is 0 Å². The van der Waals surface area contributed by atoms with Gasteiger partial charge in [-0.2, -0.15) is 8.42 Å². The molecule has 0 aliphatic carbocycles. The molecule has 3 aliphatic rings. The topological polar surface area (TPSA) is 116 Å². The zero-order chi connectivity index (χ0) is 24.0. The first kappa shape index (κ1) is 24.5. The van der Waals surface area contributed by atoms with E-state index in [4.69, 9.17) is 32.6 Å². The van der Waals surface area contributed by atoms with Crippen LogP contribution in [0.2, 0.25) is 0 Å². The summed E-state index contributed by atoms with van der Waals surface area (Å²) in [6, 6.07) is 8.37. The average molecular weight is 487 g/mol. The number of hydrogen-bond acceptors (Lipinski definition) is 10. The smallest absolute Gasteiger partial charge is 0.307 e. The molecule has 3 heterocycles. The molecule has 0 N–H and O–H groups in total. The Morgan fingerprint density at radius 2 is 1.76 bits per heavy atom. The second-order valence-corrected chi connectivity index (χ2v) is 10.9. The molecule has 0 unspecified atom stereocenters. The fourth-order valence-corrected chi connectivity index (χ4v) is 5.79. The maximum Gasteiger partial charge on any atom is 0.307 e. The molecule has 0 aromatic heterocycles. The Bertz CT molecular complexity index is 961. The molecular formula is C22H30O10S. The van der Waals surface area contributed by atoms with Crippen LogP contribution >= 0.6 is 0 Å². The van der Waals surface area contributed by atoms with Crippen molar-refractivity contribution in [2.75, 3.05) is 13.7 Å². The summed E-state index contributed by atoms with van der Waals surface area (Å²) in [5.41, 5.74) is 0.403. The fraction of sp³-hybridized carbons (Fsp3) is 0.682. The monoisotopic (exact) mass is 486 g/mol. The van der Waals surface area contributed by atoms with Crippen molar-refractivity contribution < 1.29 is 45.8 Å². The number of carbonyl (C=O) groups is 1. The van der Waals surface area contributed by atoms with E-state index in [2.05, 4.69) is 0 Å². The van der Waals surface area contributed by atoms with Crippen molar-refractivity contribution >= 4 is 16.1 Å². The van der Waals surface area contributed by atoms with E-state index in [9.17, 15) is 13.2 Å². The van der Waals surface area contributed by atoms with Gasteiger partial charge < -0.3 is 28.4 Å². The Labute approximate surface area is 193 Å². The number of fused-ring (bicyclic) bond motifs is 1. The lowest BCUT2D eigenvalue weighted by atomic mass is 10.1. The third kappa shape index (κ3) is 5.24. The highest BCUT2D eigenvalue weighted by molar-refractivity contribution is 7.87. The normalized spacial score (nSPS) is 33.5. The number of rotatable bonds is 7. The third-order valence-corrected chi connectivity index (χ3v) is 7.39. The molecule has 3 aliphatic heterocycles. The molecule has 33 heavy (non-hydrogen) atoms. The summed E-state index contributed by atoms with van der Waals surface area (Å²) in [6.07, 6.45) is -4.57. The highest BCUT2D eigenvalue weighted by Gasteiger charge is 2.60. The van der Waals surface area contributed by atoms with Crippen LogP contribution in [0.4, 0.5) is 0 Å². The Balaban J connectivity index is 1.63. The Kier molecular flexibility index (Phi) is 6.60. The minimum atomic E-state index is -4.34. The predicted molar refractivity (Wildman–Crippen MR) is 113 cm³/mol. The first-order valence-electron chi connectivity index (χ1n) is 10.8. The van der Waals surface area contributed by atoms with Gasteiger partial charge in [0.2, 0.25) is 0 Å². The first-order valence-corrected chi connectivity index (χ1v) is 12.2. The molecule has 1 aromatic carbocycles. The summed E-state index contributed by atoms with van der Waals surface area (Å²) < 4.78 is 66.8. The molecule has 3 fully saturated rings. The van der Waals surface area contributed by atoms with Gasteiger partial charge in [0.25, 0.3) is 10.1 Å². The van der Waals surface area contributed by atoms with Crippen LogP contribution in [0, 0.1) is 0 Å². The number of ether oxygens (including phenoxy) is 6. The average Bonchev–Trinajstić information content (AvgIpc) is 3.35. The molecule has 3 saturated heterocycles. The number of carbonyl (C=O) groups excluding carboxylic acids is 1. The van der Waals surface area contributed by atoms with E-state index >= 15 is 0 Å². The van der Waals surface area contributed by atoms with Crippen molar-refractivity contribution in [2.24, 2.45) is 0 Å². The van der Waals surface area contributed by atoms with Crippen LogP contribution in [0.1, 0.15) is 44.9 Å². The lowest BCUT2D eigenvalue weighted by Gasteiger charge is -2.29. The fourth-order valence-electron chi connectivity index (χ4n) is 4.30. The van der Waals surface area contributed by atoms with Crippen LogP contribution in [0.15, 0.2) is 30.3 Å². The van der Waals surface area contributed by atoms with Gasteiger partial charge in [-0.05, 0) is 33.3 Å². The van der Waals surface area contributed by atoms with Gasteiger partial charge in [-0.1, -0.05) is 30.3 Å². The van der Waals surface area contributed by atoms with Crippen LogP contribution in [0.5, 0.6) is 0 Å². The minimum absolute atomic E-state index is 0.185. The van der Waals surface area contributed by atoms with Gasteiger partial charge in [-0.3, -0.25) is 8.98 Å².